The summed E-state index contributed by atoms with van der Waals surface area (Å²) >= 11 is 0. The molecule has 8 nitrogen and oxygen atoms in total. The van der Waals surface area contributed by atoms with Gasteiger partial charge in [0.2, 0.25) is 0 Å². The quantitative estimate of drug-likeness (QED) is 0.298. The lowest BCUT2D eigenvalue weighted by molar-refractivity contribution is -0.140. The Morgan fingerprint density at radius 1 is 0.833 bits per heavy atom. The second kappa shape index (κ2) is 11.6. The van der Waals surface area contributed by atoms with Crippen LogP contribution in [0.2, 0.25) is 0 Å². The summed E-state index contributed by atoms with van der Waals surface area (Å²) in [5.41, 5.74) is 10.5. The summed E-state index contributed by atoms with van der Waals surface area (Å²) in [4.78, 5) is 42.5. The number of fused-ring (bicyclic) bond motifs is 8. The van der Waals surface area contributed by atoms with E-state index in [-0.39, 0.29) is 36.1 Å². The molecule has 8 heteroatoms. The van der Waals surface area contributed by atoms with Crippen molar-refractivity contribution in [1.82, 2.24) is 19.9 Å². The molecule has 0 aliphatic carbocycles. The maximum absolute atomic E-state index is 13.1. The number of esters is 2. The Morgan fingerprint density at radius 2 is 1.38 bits per heavy atom. The largest absolute Gasteiger partial charge is 0.469 e. The minimum Gasteiger partial charge on any atom is -0.469 e. The topological polar surface area (TPSA) is 110 Å². The van der Waals surface area contributed by atoms with Crippen LogP contribution in [0.4, 0.5) is 0 Å². The number of aromatic amines is 2. The molecule has 0 amide bonds. The lowest BCUT2D eigenvalue weighted by atomic mass is 9.87. The number of nitrogens with zero attached hydrogens (tertiary/aromatic N) is 2. The summed E-state index contributed by atoms with van der Waals surface area (Å²) in [5, 5.41) is 0. The van der Waals surface area contributed by atoms with E-state index in [9.17, 15) is 9.59 Å². The highest BCUT2D eigenvalue weighted by Crippen LogP contribution is 2.42. The molecular formula is C34H40N4O4. The van der Waals surface area contributed by atoms with Gasteiger partial charge in [0.05, 0.1) is 25.3 Å². The van der Waals surface area contributed by atoms with Crippen LogP contribution in [0.1, 0.15) is 114 Å². The van der Waals surface area contributed by atoms with E-state index < -0.39 is 5.97 Å². The predicted molar refractivity (Wildman–Crippen MR) is 166 cm³/mol. The van der Waals surface area contributed by atoms with E-state index in [1.165, 1.54) is 14.2 Å². The van der Waals surface area contributed by atoms with E-state index >= 15 is 0 Å². The highest BCUT2D eigenvalue weighted by molar-refractivity contribution is 6.01. The van der Waals surface area contributed by atoms with Gasteiger partial charge in [0, 0.05) is 75.0 Å². The molecule has 5 rings (SSSR count). The van der Waals surface area contributed by atoms with Crippen molar-refractivity contribution in [2.75, 3.05) is 14.2 Å². The summed E-state index contributed by atoms with van der Waals surface area (Å²) in [5.74, 6) is -0.236. The molecular weight excluding hydrogens is 528 g/mol. The number of nitrogens with one attached hydrogen (secondary N) is 2. The molecule has 2 aliphatic rings. The second-order valence-electron chi connectivity index (χ2n) is 11.5. The zero-order valence-corrected chi connectivity index (χ0v) is 25.6. The van der Waals surface area contributed by atoms with Crippen molar-refractivity contribution in [3.63, 3.8) is 0 Å². The van der Waals surface area contributed by atoms with Gasteiger partial charge in [-0.1, -0.05) is 33.4 Å². The summed E-state index contributed by atoms with van der Waals surface area (Å²) in [6.45, 7) is 14.6. The average Bonchev–Trinajstić information content (AvgIpc) is 3.64. The Labute approximate surface area is 246 Å². The molecule has 0 fully saturated rings. The fourth-order valence-electron chi connectivity index (χ4n) is 6.56. The minimum absolute atomic E-state index is 0.0313. The van der Waals surface area contributed by atoms with Gasteiger partial charge in [0.1, 0.15) is 0 Å². The number of rotatable bonds is 6. The number of hydrogen-bond donors (Lipinski definition) is 2. The molecule has 0 aromatic carbocycles. The number of carbonyl (C=O) groups is 2. The summed E-state index contributed by atoms with van der Waals surface area (Å²) in [7, 11) is 2.80. The number of ether oxygens (including phenoxy) is 2. The molecule has 3 aromatic rings. The fourth-order valence-corrected chi connectivity index (χ4v) is 6.56. The molecule has 3 aromatic heterocycles. The monoisotopic (exact) mass is 568 g/mol. The number of methoxy groups -OCH3 is 2. The number of aryl methyl sites for hydroxylation is 2. The minimum atomic E-state index is -0.415. The van der Waals surface area contributed by atoms with Crippen LogP contribution in [0.3, 0.4) is 0 Å². The van der Waals surface area contributed by atoms with Crippen LogP contribution in [-0.4, -0.2) is 46.1 Å². The van der Waals surface area contributed by atoms with Gasteiger partial charge in [-0.3, -0.25) is 14.8 Å². The highest BCUT2D eigenvalue weighted by atomic mass is 16.5. The summed E-state index contributed by atoms with van der Waals surface area (Å²) in [6, 6.07) is 8.23. The predicted octanol–water partition coefficient (Wildman–Crippen LogP) is 7.50. The van der Waals surface area contributed by atoms with Gasteiger partial charge in [-0.05, 0) is 62.1 Å². The third-order valence-corrected chi connectivity index (χ3v) is 9.19. The molecule has 0 saturated heterocycles. The van der Waals surface area contributed by atoms with Crippen molar-refractivity contribution in [3.8, 4) is 0 Å². The molecule has 4 atom stereocenters. The molecule has 220 valence electrons. The van der Waals surface area contributed by atoms with Crippen LogP contribution in [0.15, 0.2) is 30.8 Å². The fraction of sp³-hybridized carbons (Fsp3) is 0.412. The molecule has 2 aliphatic heterocycles. The van der Waals surface area contributed by atoms with Crippen molar-refractivity contribution in [3.05, 3.63) is 75.9 Å². The van der Waals surface area contributed by atoms with Gasteiger partial charge in [0.15, 0.2) is 0 Å². The van der Waals surface area contributed by atoms with E-state index in [1.807, 2.05) is 19.1 Å². The third-order valence-electron chi connectivity index (χ3n) is 9.19. The SMILES string of the molecule is C=Cc1c(C)c2cc3nc(cc4[nH]c(cc5nc(cc1[nH]2)C(C)C5CC)c(C)c4C(=O)OC)[C@H](CCC(=O)OC)C3C. The van der Waals surface area contributed by atoms with Crippen molar-refractivity contribution >= 4 is 40.1 Å². The first-order chi connectivity index (χ1) is 20.1. The lowest BCUT2D eigenvalue weighted by Gasteiger charge is -2.15. The van der Waals surface area contributed by atoms with Crippen LogP contribution >= 0.6 is 0 Å². The molecule has 0 spiro atoms. The number of carbonyl (C=O) groups excluding carboxylic acids is 2. The van der Waals surface area contributed by atoms with Gasteiger partial charge >= 0.3 is 11.9 Å². The molecule has 8 bridgehead atoms. The van der Waals surface area contributed by atoms with Crippen LogP contribution in [0.25, 0.3) is 28.1 Å². The number of H-pyrrole nitrogens is 2. The van der Waals surface area contributed by atoms with Crippen LogP contribution in [0, 0.1) is 13.8 Å². The van der Waals surface area contributed by atoms with Crippen LogP contribution < -0.4 is 0 Å². The van der Waals surface area contributed by atoms with Crippen molar-refractivity contribution in [1.29, 1.82) is 0 Å². The van der Waals surface area contributed by atoms with Crippen molar-refractivity contribution in [2.24, 2.45) is 0 Å². The lowest BCUT2D eigenvalue weighted by Crippen LogP contribution is -2.07. The van der Waals surface area contributed by atoms with Crippen molar-refractivity contribution < 1.29 is 19.1 Å². The molecule has 42 heavy (non-hydrogen) atoms. The average molecular weight is 569 g/mol. The zero-order valence-electron chi connectivity index (χ0n) is 25.6. The Morgan fingerprint density at radius 3 is 2.00 bits per heavy atom. The Bertz CT molecular complexity index is 1730. The summed E-state index contributed by atoms with van der Waals surface area (Å²) < 4.78 is 10.1. The zero-order chi connectivity index (χ0) is 30.3. The van der Waals surface area contributed by atoms with E-state index in [2.05, 4.69) is 62.4 Å². The Hall–Kier alpha value is -4.20. The normalized spacial score (nSPS) is 19.9. The molecule has 0 saturated carbocycles. The van der Waals surface area contributed by atoms with Gasteiger partial charge < -0.3 is 19.4 Å². The van der Waals surface area contributed by atoms with Gasteiger partial charge in [-0.25, -0.2) is 4.79 Å². The molecule has 2 N–H and O–H groups in total. The standard InChI is InChI=1S/C34H40N4O4/c1-9-21-17(3)24-13-25-19(5)23(11-12-32(39)41-7)30(37-25)16-31-33(34(40)42-8)20(6)27(38-31)15-29-22(10-2)18(4)26(36-29)14-28(21)35-24/h9,13-16,18-19,22-23,35,38H,1,10-12H2,2-8H3/t18?,19?,22?,23-/m1/s1. The van der Waals surface area contributed by atoms with E-state index in [0.717, 1.165) is 62.4 Å². The Kier molecular flexibility index (Phi) is 8.08. The Balaban J connectivity index is 1.90. The second-order valence-corrected chi connectivity index (χ2v) is 11.5. The highest BCUT2D eigenvalue weighted by Gasteiger charge is 2.31. The van der Waals surface area contributed by atoms with E-state index in [4.69, 9.17) is 19.4 Å². The summed E-state index contributed by atoms with van der Waals surface area (Å²) in [6.07, 6.45) is 3.66. The van der Waals surface area contributed by atoms with Gasteiger partial charge in [0.25, 0.3) is 0 Å². The first-order valence-corrected chi connectivity index (χ1v) is 14.6. The number of aromatic nitrogens is 4. The van der Waals surface area contributed by atoms with Crippen molar-refractivity contribution in [2.45, 2.75) is 77.6 Å². The molecule has 0 radical (unpaired) electrons. The maximum atomic E-state index is 13.1. The van der Waals surface area contributed by atoms with E-state index in [0.29, 0.717) is 17.5 Å². The van der Waals surface area contributed by atoms with Crippen LogP contribution in [-0.2, 0) is 14.3 Å². The molecule has 5 heterocycles. The van der Waals surface area contributed by atoms with Gasteiger partial charge in [-0.15, -0.1) is 0 Å². The van der Waals surface area contributed by atoms with E-state index in [1.54, 1.807) is 0 Å². The first kappa shape index (κ1) is 29.3. The number of hydrogen-bond acceptors (Lipinski definition) is 6. The molecule has 3 unspecified atom stereocenters. The smallest absolute Gasteiger partial charge is 0.340 e. The first-order valence-electron chi connectivity index (χ1n) is 14.6. The maximum Gasteiger partial charge on any atom is 0.340 e. The van der Waals surface area contributed by atoms with Gasteiger partial charge in [-0.2, -0.15) is 0 Å². The third kappa shape index (κ3) is 5.03. The van der Waals surface area contributed by atoms with Crippen LogP contribution in [0.5, 0.6) is 0 Å².